The van der Waals surface area contributed by atoms with Crippen molar-refractivity contribution in [3.8, 4) is 11.8 Å². The van der Waals surface area contributed by atoms with Gasteiger partial charge >= 0.3 is 5.69 Å². The molecule has 3 aromatic heterocycles. The minimum Gasteiger partial charge on any atom is -0.382 e. The van der Waals surface area contributed by atoms with Crippen LogP contribution in [0.5, 0.6) is 0 Å². The molecule has 5 N–H and O–H groups in total. The van der Waals surface area contributed by atoms with Gasteiger partial charge in [-0.05, 0) is 13.3 Å². The van der Waals surface area contributed by atoms with Gasteiger partial charge in [-0.25, -0.2) is 24.4 Å². The van der Waals surface area contributed by atoms with E-state index in [1.54, 1.807) is 6.92 Å². The van der Waals surface area contributed by atoms with Gasteiger partial charge in [0, 0.05) is 13.0 Å². The molecule has 0 saturated heterocycles. The minimum atomic E-state index is -0.551. The predicted octanol–water partition coefficient (Wildman–Crippen LogP) is -0.667. The van der Waals surface area contributed by atoms with E-state index in [0.29, 0.717) is 42.2 Å². The molecule has 0 bridgehead atoms. The molecule has 0 unspecified atom stereocenters. The van der Waals surface area contributed by atoms with Crippen molar-refractivity contribution in [1.29, 1.82) is 0 Å². The lowest BCUT2D eigenvalue weighted by atomic mass is 10.3. The molecular formula is C15H16N8O2. The van der Waals surface area contributed by atoms with Gasteiger partial charge in [0.05, 0.1) is 12.5 Å². The van der Waals surface area contributed by atoms with Crippen molar-refractivity contribution in [3.63, 3.8) is 0 Å². The van der Waals surface area contributed by atoms with E-state index < -0.39 is 11.2 Å². The van der Waals surface area contributed by atoms with Crippen LogP contribution in [0, 0.1) is 11.8 Å². The molecule has 0 amide bonds. The SMILES string of the molecule is CC#Cc1cn(NCCCc2nc(N)c3[nH]cnc3n2)c(=O)[nH]c1=O. The topological polar surface area (TPSA) is 147 Å². The molecule has 0 atom stereocenters. The number of H-pyrrole nitrogens is 2. The van der Waals surface area contributed by atoms with Gasteiger partial charge in [0.1, 0.15) is 16.9 Å². The molecule has 0 radical (unpaired) electrons. The lowest BCUT2D eigenvalue weighted by molar-refractivity contribution is 0.709. The van der Waals surface area contributed by atoms with E-state index in [4.69, 9.17) is 5.73 Å². The minimum absolute atomic E-state index is 0.217. The normalized spacial score (nSPS) is 10.4. The van der Waals surface area contributed by atoms with Gasteiger partial charge < -0.3 is 16.1 Å². The fourth-order valence-electron chi connectivity index (χ4n) is 2.27. The number of nitrogen functional groups attached to an aromatic ring is 1. The highest BCUT2D eigenvalue weighted by molar-refractivity contribution is 5.80. The van der Waals surface area contributed by atoms with Crippen molar-refractivity contribution in [2.45, 2.75) is 19.8 Å². The summed E-state index contributed by atoms with van der Waals surface area (Å²) in [6.07, 6.45) is 4.10. The third-order valence-electron chi connectivity index (χ3n) is 3.42. The first-order chi connectivity index (χ1) is 12.1. The number of nitrogens with one attached hydrogen (secondary N) is 3. The molecule has 3 heterocycles. The Labute approximate surface area is 141 Å². The zero-order chi connectivity index (χ0) is 17.8. The van der Waals surface area contributed by atoms with Crippen LogP contribution in [0.1, 0.15) is 24.7 Å². The molecule has 25 heavy (non-hydrogen) atoms. The third kappa shape index (κ3) is 3.50. The van der Waals surface area contributed by atoms with Crippen LogP contribution in [0.25, 0.3) is 11.2 Å². The maximum Gasteiger partial charge on any atom is 0.346 e. The first-order valence-corrected chi connectivity index (χ1v) is 7.56. The Hall–Kier alpha value is -3.61. The van der Waals surface area contributed by atoms with Crippen molar-refractivity contribution in [1.82, 2.24) is 29.6 Å². The molecular weight excluding hydrogens is 324 g/mol. The van der Waals surface area contributed by atoms with Crippen molar-refractivity contribution < 1.29 is 0 Å². The maximum absolute atomic E-state index is 11.8. The summed E-state index contributed by atoms with van der Waals surface area (Å²) >= 11 is 0. The fraction of sp³-hybridized carbons (Fsp3) is 0.267. The molecule has 3 rings (SSSR count). The number of imidazole rings is 1. The molecule has 3 aromatic rings. The molecule has 10 nitrogen and oxygen atoms in total. The fourth-order valence-corrected chi connectivity index (χ4v) is 2.27. The van der Waals surface area contributed by atoms with E-state index in [0.717, 1.165) is 0 Å². The number of hydrogen-bond donors (Lipinski definition) is 4. The van der Waals surface area contributed by atoms with Crippen molar-refractivity contribution in [2.75, 3.05) is 17.7 Å². The number of nitrogens with two attached hydrogens (primary N) is 1. The second-order valence-electron chi connectivity index (χ2n) is 5.18. The first kappa shape index (κ1) is 16.3. The number of aryl methyl sites for hydroxylation is 1. The summed E-state index contributed by atoms with van der Waals surface area (Å²) in [6, 6.07) is 0. The van der Waals surface area contributed by atoms with Crippen molar-refractivity contribution in [2.24, 2.45) is 0 Å². The molecule has 0 spiro atoms. The second-order valence-corrected chi connectivity index (χ2v) is 5.18. The van der Waals surface area contributed by atoms with Crippen molar-refractivity contribution in [3.05, 3.63) is 44.8 Å². The lowest BCUT2D eigenvalue weighted by Gasteiger charge is -2.08. The van der Waals surface area contributed by atoms with Crippen LogP contribution >= 0.6 is 0 Å². The highest BCUT2D eigenvalue weighted by Gasteiger charge is 2.07. The van der Waals surface area contributed by atoms with Crippen LogP contribution in [-0.4, -0.2) is 36.1 Å². The number of hydrogen-bond acceptors (Lipinski definition) is 7. The Kier molecular flexibility index (Phi) is 4.47. The van der Waals surface area contributed by atoms with Gasteiger partial charge in [0.25, 0.3) is 5.56 Å². The van der Waals surface area contributed by atoms with Crippen LogP contribution in [0.4, 0.5) is 5.82 Å². The zero-order valence-electron chi connectivity index (χ0n) is 13.5. The Bertz CT molecular complexity index is 1080. The summed E-state index contributed by atoms with van der Waals surface area (Å²) in [7, 11) is 0. The van der Waals surface area contributed by atoms with E-state index in [-0.39, 0.29) is 5.56 Å². The number of aromatic amines is 2. The lowest BCUT2D eigenvalue weighted by Crippen LogP contribution is -2.36. The zero-order valence-corrected chi connectivity index (χ0v) is 13.5. The number of anilines is 1. The molecule has 10 heteroatoms. The van der Waals surface area contributed by atoms with E-state index in [9.17, 15) is 9.59 Å². The maximum atomic E-state index is 11.8. The average Bonchev–Trinajstić information content (AvgIpc) is 3.04. The largest absolute Gasteiger partial charge is 0.382 e. The van der Waals surface area contributed by atoms with E-state index >= 15 is 0 Å². The molecule has 0 fully saturated rings. The van der Waals surface area contributed by atoms with Gasteiger partial charge in [0.15, 0.2) is 11.5 Å². The highest BCUT2D eigenvalue weighted by Crippen LogP contribution is 2.13. The Morgan fingerprint density at radius 1 is 1.36 bits per heavy atom. The summed E-state index contributed by atoms with van der Waals surface area (Å²) in [5.74, 6) is 6.20. The Morgan fingerprint density at radius 2 is 2.20 bits per heavy atom. The van der Waals surface area contributed by atoms with Crippen LogP contribution in [0.3, 0.4) is 0 Å². The Morgan fingerprint density at radius 3 is 3.00 bits per heavy atom. The third-order valence-corrected chi connectivity index (χ3v) is 3.42. The smallest absolute Gasteiger partial charge is 0.346 e. The second kappa shape index (κ2) is 6.88. The monoisotopic (exact) mass is 340 g/mol. The van der Waals surface area contributed by atoms with E-state index in [2.05, 4.69) is 42.2 Å². The summed E-state index contributed by atoms with van der Waals surface area (Å²) < 4.78 is 1.20. The number of aromatic nitrogens is 6. The van der Waals surface area contributed by atoms with Gasteiger partial charge in [-0.3, -0.25) is 9.78 Å². The highest BCUT2D eigenvalue weighted by atomic mass is 16.2. The number of rotatable bonds is 5. The molecule has 0 aromatic carbocycles. The predicted molar refractivity (Wildman–Crippen MR) is 92.5 cm³/mol. The summed E-state index contributed by atoms with van der Waals surface area (Å²) in [5.41, 5.74) is 9.06. The van der Waals surface area contributed by atoms with Crippen LogP contribution in [0.2, 0.25) is 0 Å². The molecule has 0 saturated carbocycles. The van der Waals surface area contributed by atoms with Gasteiger partial charge in [-0.1, -0.05) is 5.92 Å². The molecule has 0 aliphatic carbocycles. The van der Waals surface area contributed by atoms with Crippen LogP contribution in [0.15, 0.2) is 22.1 Å². The molecule has 128 valence electrons. The van der Waals surface area contributed by atoms with E-state index in [1.807, 2.05) is 0 Å². The first-order valence-electron chi connectivity index (χ1n) is 7.56. The van der Waals surface area contributed by atoms with Crippen LogP contribution in [-0.2, 0) is 6.42 Å². The Balaban J connectivity index is 1.64. The number of nitrogens with zero attached hydrogens (tertiary/aromatic N) is 4. The van der Waals surface area contributed by atoms with Crippen LogP contribution < -0.4 is 22.4 Å². The average molecular weight is 340 g/mol. The van der Waals surface area contributed by atoms with Gasteiger partial charge in [-0.2, -0.15) is 0 Å². The summed E-state index contributed by atoms with van der Waals surface area (Å²) in [4.78, 5) is 41.0. The summed E-state index contributed by atoms with van der Waals surface area (Å²) in [5, 5.41) is 0. The molecule has 0 aliphatic heterocycles. The van der Waals surface area contributed by atoms with Gasteiger partial charge in [-0.15, -0.1) is 5.92 Å². The number of fused-ring (bicyclic) bond motifs is 1. The summed E-state index contributed by atoms with van der Waals surface area (Å²) in [6.45, 7) is 2.08. The van der Waals surface area contributed by atoms with E-state index in [1.165, 1.54) is 17.2 Å². The van der Waals surface area contributed by atoms with Gasteiger partial charge in [0.2, 0.25) is 0 Å². The van der Waals surface area contributed by atoms with Crippen molar-refractivity contribution >= 4 is 17.0 Å². The molecule has 0 aliphatic rings. The standard InChI is InChI=1S/C15H16N8O2/c1-2-4-9-7-23(15(25)22-14(9)24)19-6-3-5-10-20-12(16)11-13(21-10)18-8-17-11/h7-8,19H,3,5-6H2,1H3,(H,22,24,25)(H3,16,17,18,20,21). The quantitative estimate of drug-likeness (QED) is 0.356.